The number of rotatable bonds is 3. The first-order valence-electron chi connectivity index (χ1n) is 6.28. The second-order valence-corrected chi connectivity index (χ2v) is 4.49. The van der Waals surface area contributed by atoms with Gasteiger partial charge in [0, 0.05) is 0 Å². The summed E-state index contributed by atoms with van der Waals surface area (Å²) in [6.07, 6.45) is -2.47. The fourth-order valence-electron chi connectivity index (χ4n) is 2.17. The Morgan fingerprint density at radius 3 is 2.37 bits per heavy atom. The molecule has 2 aromatic carbocycles. The molecule has 0 heterocycles. The highest BCUT2D eigenvalue weighted by Crippen LogP contribution is 2.37. The first-order valence-corrected chi connectivity index (χ1v) is 6.28. The first kappa shape index (κ1) is 13.7. The third-order valence-corrected chi connectivity index (χ3v) is 3.01. The Morgan fingerprint density at radius 1 is 0.947 bits per heavy atom. The second kappa shape index (κ2) is 5.47. The molecule has 0 amide bonds. The third kappa shape index (κ3) is 3.16. The number of alkyl halides is 3. The summed E-state index contributed by atoms with van der Waals surface area (Å²) in [5, 5.41) is 0. The number of aryl methyl sites for hydroxylation is 1. The fraction of sp³-hybridized carbons (Fsp3) is 0.250. The van der Waals surface area contributed by atoms with Crippen LogP contribution in [0.3, 0.4) is 0 Å². The van der Waals surface area contributed by atoms with Crippen LogP contribution in [-0.4, -0.2) is 0 Å². The predicted molar refractivity (Wildman–Crippen MR) is 70.9 cm³/mol. The molecule has 0 saturated carbocycles. The van der Waals surface area contributed by atoms with Crippen molar-refractivity contribution in [3.8, 4) is 11.1 Å². The lowest BCUT2D eigenvalue weighted by molar-refractivity contribution is -0.137. The average Bonchev–Trinajstić information content (AvgIpc) is 2.38. The van der Waals surface area contributed by atoms with Gasteiger partial charge in [-0.1, -0.05) is 55.8 Å². The van der Waals surface area contributed by atoms with Crippen molar-refractivity contribution in [2.75, 3.05) is 0 Å². The van der Waals surface area contributed by atoms with Crippen molar-refractivity contribution in [3.05, 3.63) is 59.7 Å². The van der Waals surface area contributed by atoms with Crippen LogP contribution < -0.4 is 0 Å². The largest absolute Gasteiger partial charge is 0.417 e. The summed E-state index contributed by atoms with van der Waals surface area (Å²) in [5.74, 6) is 0. The highest BCUT2D eigenvalue weighted by molar-refractivity contribution is 5.68. The molecule has 0 aliphatic heterocycles. The summed E-state index contributed by atoms with van der Waals surface area (Å²) in [7, 11) is 0. The van der Waals surface area contributed by atoms with Gasteiger partial charge in [0.2, 0.25) is 0 Å². The zero-order valence-electron chi connectivity index (χ0n) is 10.7. The van der Waals surface area contributed by atoms with Gasteiger partial charge in [-0.05, 0) is 29.2 Å². The molecule has 3 heteroatoms. The van der Waals surface area contributed by atoms with E-state index in [0.717, 1.165) is 24.5 Å². The normalized spacial score (nSPS) is 11.6. The molecule has 0 aliphatic carbocycles. The Bertz CT molecular complexity index is 556. The molecule has 100 valence electrons. The molecule has 0 aromatic heterocycles. The summed E-state index contributed by atoms with van der Waals surface area (Å²) in [5.41, 5.74) is 1.35. The molecule has 0 fully saturated rings. The lowest BCUT2D eigenvalue weighted by atomic mass is 9.97. The third-order valence-electron chi connectivity index (χ3n) is 3.01. The van der Waals surface area contributed by atoms with Crippen LogP contribution in [0.5, 0.6) is 0 Å². The minimum atomic E-state index is -4.32. The molecule has 0 radical (unpaired) electrons. The van der Waals surface area contributed by atoms with Crippen LogP contribution in [0.25, 0.3) is 11.1 Å². The molecule has 0 unspecified atom stereocenters. The molecule has 0 nitrogen and oxygen atoms in total. The van der Waals surface area contributed by atoms with E-state index in [1.165, 1.54) is 12.1 Å². The molecule has 0 aliphatic rings. The van der Waals surface area contributed by atoms with Crippen molar-refractivity contribution in [2.45, 2.75) is 25.9 Å². The van der Waals surface area contributed by atoms with Gasteiger partial charge < -0.3 is 0 Å². The number of halogens is 3. The lowest BCUT2D eigenvalue weighted by Crippen LogP contribution is -2.06. The summed E-state index contributed by atoms with van der Waals surface area (Å²) in [4.78, 5) is 0. The van der Waals surface area contributed by atoms with Gasteiger partial charge in [-0.25, -0.2) is 0 Å². The first-order chi connectivity index (χ1) is 9.02. The van der Waals surface area contributed by atoms with Gasteiger partial charge in [0.25, 0.3) is 0 Å². The number of hydrogen-bond donors (Lipinski definition) is 0. The molecule has 0 spiro atoms. The Morgan fingerprint density at radius 2 is 1.68 bits per heavy atom. The van der Waals surface area contributed by atoms with Crippen LogP contribution in [0.2, 0.25) is 0 Å². The van der Waals surface area contributed by atoms with Crippen LogP contribution in [0.15, 0.2) is 48.5 Å². The molecule has 0 saturated heterocycles. The predicted octanol–water partition coefficient (Wildman–Crippen LogP) is 5.32. The molecular weight excluding hydrogens is 249 g/mol. The van der Waals surface area contributed by atoms with E-state index in [0.29, 0.717) is 5.56 Å². The molecule has 2 aromatic rings. The van der Waals surface area contributed by atoms with Crippen LogP contribution >= 0.6 is 0 Å². The van der Waals surface area contributed by atoms with Crippen molar-refractivity contribution in [3.63, 3.8) is 0 Å². The summed E-state index contributed by atoms with van der Waals surface area (Å²) in [6.45, 7) is 2.05. The fourth-order valence-corrected chi connectivity index (χ4v) is 2.17. The van der Waals surface area contributed by atoms with Crippen molar-refractivity contribution < 1.29 is 13.2 Å². The smallest absolute Gasteiger partial charge is 0.166 e. The second-order valence-electron chi connectivity index (χ2n) is 4.49. The molecular formula is C16H15F3. The SMILES string of the molecule is CCCc1cccc(-c2ccccc2C(F)(F)F)c1. The number of hydrogen-bond acceptors (Lipinski definition) is 0. The maximum absolute atomic E-state index is 13.0. The van der Waals surface area contributed by atoms with Gasteiger partial charge in [-0.3, -0.25) is 0 Å². The molecule has 0 atom stereocenters. The van der Waals surface area contributed by atoms with E-state index in [4.69, 9.17) is 0 Å². The Balaban J connectivity index is 2.50. The molecule has 0 bridgehead atoms. The van der Waals surface area contributed by atoms with Crippen LogP contribution in [0.1, 0.15) is 24.5 Å². The Labute approximate surface area is 110 Å². The topological polar surface area (TPSA) is 0 Å². The van der Waals surface area contributed by atoms with Gasteiger partial charge in [0.1, 0.15) is 0 Å². The highest BCUT2D eigenvalue weighted by Gasteiger charge is 2.33. The average molecular weight is 264 g/mol. The van der Waals surface area contributed by atoms with E-state index in [-0.39, 0.29) is 5.56 Å². The van der Waals surface area contributed by atoms with Crippen molar-refractivity contribution in [1.29, 1.82) is 0 Å². The van der Waals surface area contributed by atoms with E-state index >= 15 is 0 Å². The molecule has 2 rings (SSSR count). The van der Waals surface area contributed by atoms with E-state index in [2.05, 4.69) is 6.92 Å². The molecule has 19 heavy (non-hydrogen) atoms. The summed E-state index contributed by atoms with van der Waals surface area (Å²) < 4.78 is 38.9. The van der Waals surface area contributed by atoms with Crippen LogP contribution in [-0.2, 0) is 12.6 Å². The maximum Gasteiger partial charge on any atom is 0.417 e. The van der Waals surface area contributed by atoms with E-state index in [1.807, 2.05) is 18.2 Å². The van der Waals surface area contributed by atoms with Crippen molar-refractivity contribution >= 4 is 0 Å². The van der Waals surface area contributed by atoms with E-state index in [1.54, 1.807) is 12.1 Å². The van der Waals surface area contributed by atoms with Gasteiger partial charge >= 0.3 is 6.18 Å². The molecule has 0 N–H and O–H groups in total. The Hall–Kier alpha value is -1.77. The Kier molecular flexibility index (Phi) is 3.93. The van der Waals surface area contributed by atoms with Crippen molar-refractivity contribution in [1.82, 2.24) is 0 Å². The number of benzene rings is 2. The van der Waals surface area contributed by atoms with Gasteiger partial charge in [-0.15, -0.1) is 0 Å². The van der Waals surface area contributed by atoms with Crippen LogP contribution in [0.4, 0.5) is 13.2 Å². The minimum Gasteiger partial charge on any atom is -0.166 e. The van der Waals surface area contributed by atoms with E-state index in [9.17, 15) is 13.2 Å². The maximum atomic E-state index is 13.0. The van der Waals surface area contributed by atoms with Gasteiger partial charge in [0.15, 0.2) is 0 Å². The minimum absolute atomic E-state index is 0.243. The lowest BCUT2D eigenvalue weighted by Gasteiger charge is -2.13. The van der Waals surface area contributed by atoms with Crippen molar-refractivity contribution in [2.24, 2.45) is 0 Å². The zero-order valence-corrected chi connectivity index (χ0v) is 10.7. The summed E-state index contributed by atoms with van der Waals surface area (Å²) >= 11 is 0. The van der Waals surface area contributed by atoms with Gasteiger partial charge in [-0.2, -0.15) is 13.2 Å². The van der Waals surface area contributed by atoms with Crippen LogP contribution in [0, 0.1) is 0 Å². The van der Waals surface area contributed by atoms with E-state index < -0.39 is 11.7 Å². The van der Waals surface area contributed by atoms with Gasteiger partial charge in [0.05, 0.1) is 5.56 Å². The quantitative estimate of drug-likeness (QED) is 0.703. The standard InChI is InChI=1S/C16H15F3/c1-2-6-12-7-5-8-13(11-12)14-9-3-4-10-15(14)16(17,18)19/h3-5,7-11H,2,6H2,1H3. The summed E-state index contributed by atoms with van der Waals surface area (Å²) in [6, 6.07) is 13.0. The monoisotopic (exact) mass is 264 g/mol. The highest BCUT2D eigenvalue weighted by atomic mass is 19.4. The zero-order chi connectivity index (χ0) is 13.9.